The van der Waals surface area contributed by atoms with Crippen LogP contribution in [0.3, 0.4) is 0 Å². The van der Waals surface area contributed by atoms with Gasteiger partial charge in [-0.05, 0) is 43.0 Å². The van der Waals surface area contributed by atoms with Crippen LogP contribution in [-0.2, 0) is 6.42 Å². The normalized spacial score (nSPS) is 14.0. The molecule has 0 radical (unpaired) electrons. The van der Waals surface area contributed by atoms with Gasteiger partial charge in [-0.25, -0.2) is 9.78 Å². The van der Waals surface area contributed by atoms with Crippen LogP contribution in [0.5, 0.6) is 11.6 Å². The Morgan fingerprint density at radius 1 is 1.30 bits per heavy atom. The summed E-state index contributed by atoms with van der Waals surface area (Å²) in [6.45, 7) is 0.501. The van der Waals surface area contributed by atoms with Crippen LogP contribution in [0.4, 0.5) is 16.4 Å². The van der Waals surface area contributed by atoms with E-state index in [9.17, 15) is 9.90 Å². The molecule has 0 unspecified atom stereocenters. The number of aryl methyl sites for hydroxylation is 1. The number of hydrogen-bond acceptors (Lipinski definition) is 5. The van der Waals surface area contributed by atoms with Gasteiger partial charge in [0.2, 0.25) is 11.8 Å². The zero-order valence-corrected chi connectivity index (χ0v) is 13.0. The molecule has 1 aliphatic rings. The van der Waals surface area contributed by atoms with Gasteiger partial charge in [0.15, 0.2) is 0 Å². The largest absolute Gasteiger partial charge is 0.465 e. The van der Waals surface area contributed by atoms with Gasteiger partial charge in [0.05, 0.1) is 5.69 Å². The molecule has 2 aromatic rings. The van der Waals surface area contributed by atoms with Crippen LogP contribution in [0.25, 0.3) is 0 Å². The topological polar surface area (TPSA) is 102 Å². The van der Waals surface area contributed by atoms with Crippen molar-refractivity contribution in [3.8, 4) is 11.6 Å². The van der Waals surface area contributed by atoms with E-state index in [2.05, 4.69) is 9.97 Å². The second kappa shape index (κ2) is 6.29. The van der Waals surface area contributed by atoms with Gasteiger partial charge < -0.3 is 15.6 Å². The highest BCUT2D eigenvalue weighted by molar-refractivity contribution is 6.29. The predicted octanol–water partition coefficient (Wildman–Crippen LogP) is 3.33. The monoisotopic (exact) mass is 334 g/mol. The minimum Gasteiger partial charge on any atom is -0.465 e. The standard InChI is InChI=1S/C15H15ClN4O3/c16-12-8-13(19-14(17)18-12)23-10-4-5-11-9(7-10)3-1-2-6-20(11)15(21)22/h4-5,7-8H,1-3,6H2,(H,21,22)(H2,17,18,19). The molecule has 3 rings (SSSR count). The molecule has 0 atom stereocenters. The fourth-order valence-corrected chi connectivity index (χ4v) is 2.76. The summed E-state index contributed by atoms with van der Waals surface area (Å²) < 4.78 is 5.66. The number of nitrogen functional groups attached to an aromatic ring is 1. The van der Waals surface area contributed by atoms with E-state index >= 15 is 0 Å². The van der Waals surface area contributed by atoms with Gasteiger partial charge in [-0.15, -0.1) is 0 Å². The number of nitrogens with two attached hydrogens (primary N) is 1. The van der Waals surface area contributed by atoms with E-state index in [4.69, 9.17) is 22.1 Å². The zero-order chi connectivity index (χ0) is 16.4. The van der Waals surface area contributed by atoms with Crippen LogP contribution in [0.2, 0.25) is 5.15 Å². The van der Waals surface area contributed by atoms with E-state index < -0.39 is 6.09 Å². The third-order valence-corrected chi connectivity index (χ3v) is 3.76. The molecule has 3 N–H and O–H groups in total. The summed E-state index contributed by atoms with van der Waals surface area (Å²) in [5, 5.41) is 9.52. The van der Waals surface area contributed by atoms with Crippen LogP contribution in [-0.4, -0.2) is 27.7 Å². The number of ether oxygens (including phenoxy) is 1. The number of fused-ring (bicyclic) bond motifs is 1. The maximum Gasteiger partial charge on any atom is 0.411 e. The van der Waals surface area contributed by atoms with E-state index in [0.717, 1.165) is 24.8 Å². The molecule has 0 fully saturated rings. The number of halogens is 1. The van der Waals surface area contributed by atoms with E-state index in [0.29, 0.717) is 18.0 Å². The van der Waals surface area contributed by atoms with Gasteiger partial charge >= 0.3 is 6.09 Å². The van der Waals surface area contributed by atoms with E-state index in [1.165, 1.54) is 11.0 Å². The van der Waals surface area contributed by atoms with E-state index in [-0.39, 0.29) is 17.0 Å². The minimum absolute atomic E-state index is 0.0271. The van der Waals surface area contributed by atoms with Crippen LogP contribution in [0.15, 0.2) is 24.3 Å². The molecule has 2 heterocycles. The van der Waals surface area contributed by atoms with Crippen LogP contribution in [0, 0.1) is 0 Å². The van der Waals surface area contributed by atoms with Gasteiger partial charge in [-0.1, -0.05) is 11.6 Å². The van der Waals surface area contributed by atoms with Crippen molar-refractivity contribution in [3.05, 3.63) is 35.0 Å². The lowest BCUT2D eigenvalue weighted by molar-refractivity contribution is 0.202. The van der Waals surface area contributed by atoms with Crippen molar-refractivity contribution in [1.29, 1.82) is 0 Å². The van der Waals surface area contributed by atoms with E-state index in [1.807, 2.05) is 6.07 Å². The highest BCUT2D eigenvalue weighted by Gasteiger charge is 2.21. The maximum absolute atomic E-state index is 11.4. The number of carboxylic acid groups (broad SMARTS) is 1. The van der Waals surface area contributed by atoms with Crippen molar-refractivity contribution in [1.82, 2.24) is 9.97 Å². The number of benzene rings is 1. The summed E-state index contributed by atoms with van der Waals surface area (Å²) in [5.74, 6) is 0.815. The van der Waals surface area contributed by atoms with Gasteiger partial charge in [-0.2, -0.15) is 4.98 Å². The number of nitrogens with zero attached hydrogens (tertiary/aromatic N) is 3. The van der Waals surface area contributed by atoms with Crippen LogP contribution >= 0.6 is 11.6 Å². The number of carbonyl (C=O) groups is 1. The quantitative estimate of drug-likeness (QED) is 0.817. The lowest BCUT2D eigenvalue weighted by Crippen LogP contribution is -2.29. The van der Waals surface area contributed by atoms with Crippen molar-refractivity contribution < 1.29 is 14.6 Å². The summed E-state index contributed by atoms with van der Waals surface area (Å²) in [6, 6.07) is 6.73. The molecule has 0 bridgehead atoms. The van der Waals surface area contributed by atoms with E-state index in [1.54, 1.807) is 12.1 Å². The third kappa shape index (κ3) is 3.45. The highest BCUT2D eigenvalue weighted by atomic mass is 35.5. The fourth-order valence-electron chi connectivity index (χ4n) is 2.58. The first-order valence-electron chi connectivity index (χ1n) is 7.14. The average Bonchev–Trinajstić information content (AvgIpc) is 2.68. The zero-order valence-electron chi connectivity index (χ0n) is 12.2. The SMILES string of the molecule is Nc1nc(Cl)cc(Oc2ccc3c(c2)CCCCN3C(=O)O)n1. The molecule has 1 aromatic carbocycles. The van der Waals surface area contributed by atoms with Gasteiger partial charge in [0.1, 0.15) is 10.9 Å². The van der Waals surface area contributed by atoms with Gasteiger partial charge in [-0.3, -0.25) is 4.90 Å². The number of amides is 1. The number of anilines is 2. The number of hydrogen-bond donors (Lipinski definition) is 2. The van der Waals surface area contributed by atoms with Crippen molar-refractivity contribution in [3.63, 3.8) is 0 Å². The van der Waals surface area contributed by atoms with Crippen LogP contribution in [0.1, 0.15) is 18.4 Å². The molecule has 1 aliphatic heterocycles. The summed E-state index contributed by atoms with van der Waals surface area (Å²) in [6.07, 6.45) is 1.60. The van der Waals surface area contributed by atoms with Crippen molar-refractivity contribution in [2.45, 2.75) is 19.3 Å². The van der Waals surface area contributed by atoms with Crippen LogP contribution < -0.4 is 15.4 Å². The Morgan fingerprint density at radius 2 is 2.13 bits per heavy atom. The Labute approximate surface area is 137 Å². The minimum atomic E-state index is -0.947. The second-order valence-electron chi connectivity index (χ2n) is 5.17. The second-order valence-corrected chi connectivity index (χ2v) is 5.56. The smallest absolute Gasteiger partial charge is 0.411 e. The lowest BCUT2D eigenvalue weighted by Gasteiger charge is -2.19. The number of rotatable bonds is 2. The maximum atomic E-state index is 11.4. The first kappa shape index (κ1) is 15.4. The molecule has 1 amide bonds. The molecule has 0 saturated heterocycles. The molecular weight excluding hydrogens is 320 g/mol. The predicted molar refractivity (Wildman–Crippen MR) is 86.3 cm³/mol. The molecule has 0 saturated carbocycles. The Bertz CT molecular complexity index is 733. The lowest BCUT2D eigenvalue weighted by atomic mass is 10.1. The van der Waals surface area contributed by atoms with Gasteiger partial charge in [0, 0.05) is 12.6 Å². The number of aromatic nitrogens is 2. The molecule has 7 nitrogen and oxygen atoms in total. The fraction of sp³-hybridized carbons (Fsp3) is 0.267. The molecule has 120 valence electrons. The molecule has 0 spiro atoms. The summed E-state index contributed by atoms with van der Waals surface area (Å²) >= 11 is 5.82. The molecular formula is C15H15ClN4O3. The molecule has 0 aliphatic carbocycles. The first-order chi connectivity index (χ1) is 11.0. The molecule has 1 aromatic heterocycles. The van der Waals surface area contributed by atoms with Crippen molar-refractivity contribution >= 4 is 29.3 Å². The highest BCUT2D eigenvalue weighted by Crippen LogP contribution is 2.32. The van der Waals surface area contributed by atoms with Crippen molar-refractivity contribution in [2.24, 2.45) is 0 Å². The summed E-state index contributed by atoms with van der Waals surface area (Å²) in [5.41, 5.74) is 7.16. The first-order valence-corrected chi connectivity index (χ1v) is 7.52. The Balaban J connectivity index is 1.90. The summed E-state index contributed by atoms with van der Waals surface area (Å²) in [7, 11) is 0. The van der Waals surface area contributed by atoms with Crippen molar-refractivity contribution in [2.75, 3.05) is 17.2 Å². The third-order valence-electron chi connectivity index (χ3n) is 3.56. The average molecular weight is 335 g/mol. The Kier molecular flexibility index (Phi) is 4.20. The molecule has 8 heteroatoms. The summed E-state index contributed by atoms with van der Waals surface area (Å²) in [4.78, 5) is 20.5. The molecule has 23 heavy (non-hydrogen) atoms. The Hall–Kier alpha value is -2.54. The Morgan fingerprint density at radius 3 is 2.87 bits per heavy atom. The van der Waals surface area contributed by atoms with Gasteiger partial charge in [0.25, 0.3) is 0 Å².